The summed E-state index contributed by atoms with van der Waals surface area (Å²) in [6, 6.07) is 7.66. The quantitative estimate of drug-likeness (QED) is 0.494. The second-order valence-electron chi connectivity index (χ2n) is 6.81. The highest BCUT2D eigenvalue weighted by Crippen LogP contribution is 2.30. The Morgan fingerprint density at radius 3 is 2.72 bits per heavy atom. The summed E-state index contributed by atoms with van der Waals surface area (Å²) in [5.74, 6) is -1.33. The van der Waals surface area contributed by atoms with E-state index in [1.165, 1.54) is 18.2 Å². The van der Waals surface area contributed by atoms with E-state index in [-0.39, 0.29) is 11.8 Å². The number of nitrogen functional groups attached to an aromatic ring is 1. The lowest BCUT2D eigenvalue weighted by Crippen LogP contribution is -2.28. The third-order valence-corrected chi connectivity index (χ3v) is 3.56. The number of halogens is 1. The van der Waals surface area contributed by atoms with Gasteiger partial charge in [-0.25, -0.2) is 4.39 Å². The van der Waals surface area contributed by atoms with Gasteiger partial charge >= 0.3 is 5.97 Å². The Labute approximate surface area is 147 Å². The van der Waals surface area contributed by atoms with Gasteiger partial charge in [0.15, 0.2) is 0 Å². The van der Waals surface area contributed by atoms with Gasteiger partial charge in [-0.1, -0.05) is 6.08 Å². The molecule has 1 unspecified atom stereocenters. The zero-order chi connectivity index (χ0) is 18.6. The van der Waals surface area contributed by atoms with E-state index >= 15 is 0 Å². The molecule has 0 saturated carbocycles. The van der Waals surface area contributed by atoms with Crippen LogP contribution in [0.5, 0.6) is 0 Å². The van der Waals surface area contributed by atoms with E-state index in [0.717, 1.165) is 0 Å². The third kappa shape index (κ3) is 4.89. The molecule has 0 bridgehead atoms. The summed E-state index contributed by atoms with van der Waals surface area (Å²) in [6.45, 7) is 9.14. The van der Waals surface area contributed by atoms with Crippen LogP contribution in [0.2, 0.25) is 0 Å². The number of nitrogens with zero attached hydrogens (tertiary/aromatic N) is 1. The minimum absolute atomic E-state index is 0.371. The lowest BCUT2D eigenvalue weighted by Gasteiger charge is -2.23. The summed E-state index contributed by atoms with van der Waals surface area (Å²) >= 11 is 0. The van der Waals surface area contributed by atoms with Crippen LogP contribution in [0.1, 0.15) is 38.8 Å². The summed E-state index contributed by atoms with van der Waals surface area (Å²) < 4.78 is 19.1. The molecular weight excluding hydrogens is 319 g/mol. The molecule has 0 radical (unpaired) electrons. The highest BCUT2D eigenvalue weighted by Gasteiger charge is 2.27. The Bertz CT molecular complexity index is 782. The van der Waals surface area contributed by atoms with Crippen molar-refractivity contribution in [1.29, 1.82) is 0 Å². The summed E-state index contributed by atoms with van der Waals surface area (Å²) in [5, 5.41) is 0. The topological polar surface area (TPSA) is 65.2 Å². The normalized spacial score (nSPS) is 12.5. The smallest absolute Gasteiger partial charge is 0.315 e. The number of hydrogen-bond donors (Lipinski definition) is 1. The highest BCUT2D eigenvalue weighted by atomic mass is 19.1. The maximum absolute atomic E-state index is 13.6. The summed E-state index contributed by atoms with van der Waals surface area (Å²) in [4.78, 5) is 16.8. The summed E-state index contributed by atoms with van der Waals surface area (Å²) in [6.07, 6.45) is 3.62. The first-order valence-corrected chi connectivity index (χ1v) is 8.06. The van der Waals surface area contributed by atoms with Crippen molar-refractivity contribution in [3.63, 3.8) is 0 Å². The van der Waals surface area contributed by atoms with E-state index in [1.807, 2.05) is 20.8 Å². The van der Waals surface area contributed by atoms with E-state index in [4.69, 9.17) is 10.5 Å². The van der Waals surface area contributed by atoms with Gasteiger partial charge in [-0.15, -0.1) is 6.58 Å². The fourth-order valence-corrected chi connectivity index (χ4v) is 2.46. The Morgan fingerprint density at radius 1 is 1.36 bits per heavy atom. The number of carbonyl (C=O) groups excluding carboxylic acids is 1. The molecule has 0 aliphatic carbocycles. The average molecular weight is 342 g/mol. The molecule has 1 heterocycles. The predicted octanol–water partition coefficient (Wildman–Crippen LogP) is 4.47. The molecule has 5 heteroatoms. The van der Waals surface area contributed by atoms with Crippen molar-refractivity contribution in [2.45, 2.75) is 38.7 Å². The Hall–Kier alpha value is -2.69. The maximum atomic E-state index is 13.6. The van der Waals surface area contributed by atoms with Crippen molar-refractivity contribution in [2.75, 3.05) is 5.73 Å². The number of ether oxygens (including phenoxy) is 1. The molecular formula is C20H23FN2O2. The molecule has 0 aliphatic rings. The van der Waals surface area contributed by atoms with Crippen LogP contribution in [-0.4, -0.2) is 16.6 Å². The molecule has 0 aliphatic heterocycles. The zero-order valence-electron chi connectivity index (χ0n) is 14.8. The second kappa shape index (κ2) is 7.47. The van der Waals surface area contributed by atoms with Crippen molar-refractivity contribution in [3.05, 3.63) is 60.7 Å². The van der Waals surface area contributed by atoms with Crippen molar-refractivity contribution in [1.82, 2.24) is 4.98 Å². The number of rotatable bonds is 5. The van der Waals surface area contributed by atoms with Crippen LogP contribution < -0.4 is 5.73 Å². The van der Waals surface area contributed by atoms with Crippen molar-refractivity contribution in [2.24, 2.45) is 0 Å². The van der Waals surface area contributed by atoms with E-state index in [1.54, 1.807) is 24.4 Å². The number of nitrogens with two attached hydrogens (primary N) is 1. The van der Waals surface area contributed by atoms with Gasteiger partial charge < -0.3 is 10.5 Å². The lowest BCUT2D eigenvalue weighted by molar-refractivity contribution is -0.156. The fourth-order valence-electron chi connectivity index (χ4n) is 2.46. The van der Waals surface area contributed by atoms with E-state index in [2.05, 4.69) is 11.6 Å². The van der Waals surface area contributed by atoms with Gasteiger partial charge in [0.1, 0.15) is 17.3 Å². The molecule has 1 atom stereocenters. The van der Waals surface area contributed by atoms with Crippen LogP contribution in [0.25, 0.3) is 11.1 Å². The molecule has 2 aromatic rings. The van der Waals surface area contributed by atoms with Gasteiger partial charge in [0, 0.05) is 17.4 Å². The van der Waals surface area contributed by atoms with Gasteiger partial charge in [0.25, 0.3) is 0 Å². The third-order valence-electron chi connectivity index (χ3n) is 3.56. The molecule has 0 fully saturated rings. The number of carbonyl (C=O) groups is 1. The number of allylic oxidation sites excluding steroid dienone is 1. The van der Waals surface area contributed by atoms with Gasteiger partial charge in [-0.3, -0.25) is 9.78 Å². The molecule has 0 spiro atoms. The van der Waals surface area contributed by atoms with Crippen molar-refractivity contribution >= 4 is 11.7 Å². The average Bonchev–Trinajstić information content (AvgIpc) is 2.53. The number of aromatic nitrogens is 1. The highest BCUT2D eigenvalue weighted by molar-refractivity contribution is 5.80. The van der Waals surface area contributed by atoms with Crippen LogP contribution in [0, 0.1) is 5.82 Å². The standard InChI is InChI=1S/C20H23FN2O2/c1-5-6-15(19(24)25-20(2,3)4)18-11-13(9-10-23-18)16-12-14(21)7-8-17(16)22/h5,7-12,15H,1,6,22H2,2-4H3. The van der Waals surface area contributed by atoms with Crippen molar-refractivity contribution in [3.8, 4) is 11.1 Å². The van der Waals surface area contributed by atoms with Crippen LogP contribution in [0.4, 0.5) is 10.1 Å². The number of benzene rings is 1. The number of anilines is 1. The number of esters is 1. The first kappa shape index (κ1) is 18.6. The number of hydrogen-bond acceptors (Lipinski definition) is 4. The van der Waals surface area contributed by atoms with Gasteiger partial charge in [0.05, 0.1) is 5.69 Å². The predicted molar refractivity (Wildman–Crippen MR) is 97.4 cm³/mol. The molecule has 1 aromatic heterocycles. The fraction of sp³-hybridized carbons (Fsp3) is 0.300. The van der Waals surface area contributed by atoms with Gasteiger partial charge in [-0.05, 0) is 63.1 Å². The lowest BCUT2D eigenvalue weighted by atomic mass is 9.96. The second-order valence-corrected chi connectivity index (χ2v) is 6.81. The minimum atomic E-state index is -0.596. The SMILES string of the molecule is C=CCC(C(=O)OC(C)(C)C)c1cc(-c2cc(F)ccc2N)ccn1. The van der Waals surface area contributed by atoms with E-state index in [9.17, 15) is 9.18 Å². The monoisotopic (exact) mass is 342 g/mol. The molecule has 4 nitrogen and oxygen atoms in total. The number of pyridine rings is 1. The molecule has 0 saturated heterocycles. The molecule has 2 rings (SSSR count). The zero-order valence-corrected chi connectivity index (χ0v) is 14.8. The van der Waals surface area contributed by atoms with Gasteiger partial charge in [-0.2, -0.15) is 0 Å². The molecule has 25 heavy (non-hydrogen) atoms. The van der Waals surface area contributed by atoms with E-state index < -0.39 is 11.5 Å². The molecule has 132 valence electrons. The van der Waals surface area contributed by atoms with Crippen LogP contribution in [0.3, 0.4) is 0 Å². The molecule has 1 aromatic carbocycles. The molecule has 2 N–H and O–H groups in total. The Morgan fingerprint density at radius 2 is 2.08 bits per heavy atom. The van der Waals surface area contributed by atoms with Crippen LogP contribution in [-0.2, 0) is 9.53 Å². The largest absolute Gasteiger partial charge is 0.459 e. The Kier molecular flexibility index (Phi) is 5.57. The first-order chi connectivity index (χ1) is 11.7. The van der Waals surface area contributed by atoms with Crippen LogP contribution >= 0.6 is 0 Å². The van der Waals surface area contributed by atoms with Gasteiger partial charge in [0.2, 0.25) is 0 Å². The Balaban J connectivity index is 2.42. The first-order valence-electron chi connectivity index (χ1n) is 8.06. The summed E-state index contributed by atoms with van der Waals surface area (Å²) in [5.41, 5.74) is 7.60. The van der Waals surface area contributed by atoms with E-state index in [0.29, 0.717) is 28.9 Å². The maximum Gasteiger partial charge on any atom is 0.315 e. The molecule has 0 amide bonds. The summed E-state index contributed by atoms with van der Waals surface area (Å²) in [7, 11) is 0. The minimum Gasteiger partial charge on any atom is -0.459 e. The van der Waals surface area contributed by atoms with Crippen LogP contribution in [0.15, 0.2) is 49.2 Å². The van der Waals surface area contributed by atoms with Crippen molar-refractivity contribution < 1.29 is 13.9 Å².